The first kappa shape index (κ1) is 15.7. The Bertz CT molecular complexity index is 604. The van der Waals surface area contributed by atoms with Gasteiger partial charge in [0.25, 0.3) is 0 Å². The molecule has 3 N–H and O–H groups in total. The average Bonchev–Trinajstić information content (AvgIpc) is 2.46. The van der Waals surface area contributed by atoms with Crippen LogP contribution in [0, 0.1) is 6.92 Å². The van der Waals surface area contributed by atoms with Crippen molar-refractivity contribution in [2.45, 2.75) is 13.0 Å². The molecule has 0 saturated carbocycles. The second kappa shape index (κ2) is 7.33. The second-order valence-electron chi connectivity index (χ2n) is 4.76. The Morgan fingerprint density at radius 1 is 1.10 bits per heavy atom. The van der Waals surface area contributed by atoms with Crippen LogP contribution in [0.4, 0.5) is 5.69 Å². The third-order valence-electron chi connectivity index (χ3n) is 2.87. The third kappa shape index (κ3) is 4.95. The molecule has 2 aromatic rings. The molecule has 0 amide bonds. The van der Waals surface area contributed by atoms with Gasteiger partial charge in [-0.05, 0) is 42.8 Å². The fourth-order valence-corrected chi connectivity index (χ4v) is 1.99. The lowest BCUT2D eigenvalue weighted by molar-refractivity contribution is 0.0626. The van der Waals surface area contributed by atoms with Gasteiger partial charge in [-0.1, -0.05) is 22.0 Å². The lowest BCUT2D eigenvalue weighted by Crippen LogP contribution is -2.25. The van der Waals surface area contributed by atoms with E-state index in [1.54, 1.807) is 24.3 Å². The van der Waals surface area contributed by atoms with Gasteiger partial charge in [0, 0.05) is 16.2 Å². The van der Waals surface area contributed by atoms with Gasteiger partial charge in [0.1, 0.15) is 30.8 Å². The van der Waals surface area contributed by atoms with Crippen LogP contribution in [0.1, 0.15) is 5.56 Å². The number of nitrogens with two attached hydrogens (primary N) is 1. The van der Waals surface area contributed by atoms with E-state index in [1.165, 1.54) is 0 Å². The van der Waals surface area contributed by atoms with E-state index in [9.17, 15) is 5.11 Å². The number of nitrogen functional groups attached to an aromatic ring is 1. The summed E-state index contributed by atoms with van der Waals surface area (Å²) in [5.74, 6) is 1.35. The highest BCUT2D eigenvalue weighted by Gasteiger charge is 2.07. The topological polar surface area (TPSA) is 64.7 Å². The Hall–Kier alpha value is -1.72. The Labute approximate surface area is 132 Å². The smallest absolute Gasteiger partial charge is 0.122 e. The first-order valence-electron chi connectivity index (χ1n) is 6.60. The number of hydrogen-bond acceptors (Lipinski definition) is 4. The number of rotatable bonds is 6. The molecule has 0 radical (unpaired) electrons. The number of benzene rings is 2. The highest BCUT2D eigenvalue weighted by Crippen LogP contribution is 2.21. The molecule has 1 atom stereocenters. The molecule has 0 aromatic heterocycles. The van der Waals surface area contributed by atoms with E-state index in [4.69, 9.17) is 15.2 Å². The largest absolute Gasteiger partial charge is 0.491 e. The molecule has 1 unspecified atom stereocenters. The van der Waals surface area contributed by atoms with Crippen LogP contribution in [0.5, 0.6) is 11.5 Å². The number of halogens is 1. The molecule has 0 saturated heterocycles. The highest BCUT2D eigenvalue weighted by molar-refractivity contribution is 9.10. The Balaban J connectivity index is 1.79. The summed E-state index contributed by atoms with van der Waals surface area (Å²) in [6.07, 6.45) is -0.713. The van der Waals surface area contributed by atoms with Gasteiger partial charge in [0.05, 0.1) is 0 Å². The fourth-order valence-electron chi connectivity index (χ4n) is 1.74. The van der Waals surface area contributed by atoms with Gasteiger partial charge in [-0.25, -0.2) is 0 Å². The van der Waals surface area contributed by atoms with Crippen molar-refractivity contribution in [2.24, 2.45) is 0 Å². The van der Waals surface area contributed by atoms with Gasteiger partial charge in [-0.15, -0.1) is 0 Å². The molecular formula is C16H18BrNO3. The van der Waals surface area contributed by atoms with Crippen molar-refractivity contribution in [1.29, 1.82) is 0 Å². The molecule has 0 aliphatic heterocycles. The molecule has 0 aliphatic rings. The highest BCUT2D eigenvalue weighted by atomic mass is 79.9. The van der Waals surface area contributed by atoms with Crippen LogP contribution in [0.2, 0.25) is 0 Å². The second-order valence-corrected chi connectivity index (χ2v) is 5.61. The summed E-state index contributed by atoms with van der Waals surface area (Å²) >= 11 is 3.43. The summed E-state index contributed by atoms with van der Waals surface area (Å²) in [6.45, 7) is 2.30. The first-order chi connectivity index (χ1) is 10.0. The average molecular weight is 352 g/mol. The number of aliphatic hydroxyl groups excluding tert-OH is 1. The number of aryl methyl sites for hydroxylation is 1. The molecular weight excluding hydrogens is 334 g/mol. The SMILES string of the molecule is Cc1cc(OCC(O)COc2cccc(N)c2)ccc1Br. The van der Waals surface area contributed by atoms with Crippen molar-refractivity contribution in [1.82, 2.24) is 0 Å². The molecule has 0 heterocycles. The maximum absolute atomic E-state index is 9.87. The molecule has 112 valence electrons. The van der Waals surface area contributed by atoms with E-state index in [1.807, 2.05) is 25.1 Å². The van der Waals surface area contributed by atoms with Crippen molar-refractivity contribution in [3.63, 3.8) is 0 Å². The lowest BCUT2D eigenvalue weighted by Gasteiger charge is -2.14. The number of hydrogen-bond donors (Lipinski definition) is 2. The van der Waals surface area contributed by atoms with Gasteiger partial charge in [-0.3, -0.25) is 0 Å². The van der Waals surface area contributed by atoms with Crippen molar-refractivity contribution in [3.05, 3.63) is 52.5 Å². The zero-order valence-corrected chi connectivity index (χ0v) is 13.3. The summed E-state index contributed by atoms with van der Waals surface area (Å²) in [4.78, 5) is 0. The molecule has 5 heteroatoms. The van der Waals surface area contributed by atoms with Gasteiger partial charge in [-0.2, -0.15) is 0 Å². The van der Waals surface area contributed by atoms with Crippen LogP contribution in [0.15, 0.2) is 46.9 Å². The minimum absolute atomic E-state index is 0.152. The minimum Gasteiger partial charge on any atom is -0.491 e. The van der Waals surface area contributed by atoms with E-state index in [0.29, 0.717) is 11.4 Å². The molecule has 21 heavy (non-hydrogen) atoms. The van der Waals surface area contributed by atoms with E-state index < -0.39 is 6.10 Å². The molecule has 2 rings (SSSR count). The molecule has 0 spiro atoms. The monoisotopic (exact) mass is 351 g/mol. The normalized spacial score (nSPS) is 12.0. The van der Waals surface area contributed by atoms with Crippen LogP contribution in [-0.4, -0.2) is 24.4 Å². The van der Waals surface area contributed by atoms with Gasteiger partial charge >= 0.3 is 0 Å². The summed E-state index contributed by atoms with van der Waals surface area (Å²) in [5.41, 5.74) is 7.36. The maximum atomic E-state index is 9.87. The summed E-state index contributed by atoms with van der Waals surface area (Å²) < 4.78 is 12.0. The number of aliphatic hydroxyl groups is 1. The molecule has 0 bridgehead atoms. The molecule has 0 aliphatic carbocycles. The van der Waals surface area contributed by atoms with E-state index >= 15 is 0 Å². The fraction of sp³-hybridized carbons (Fsp3) is 0.250. The summed E-state index contributed by atoms with van der Waals surface area (Å²) in [6, 6.07) is 12.8. The zero-order valence-electron chi connectivity index (χ0n) is 11.8. The molecule has 2 aromatic carbocycles. The standard InChI is InChI=1S/C16H18BrNO3/c1-11-7-15(5-6-16(11)17)21-10-13(19)9-20-14-4-2-3-12(18)8-14/h2-8,13,19H,9-10,18H2,1H3. The Morgan fingerprint density at radius 3 is 2.38 bits per heavy atom. The molecule has 0 fully saturated rings. The zero-order chi connectivity index (χ0) is 15.2. The minimum atomic E-state index is -0.713. The van der Waals surface area contributed by atoms with E-state index in [-0.39, 0.29) is 13.2 Å². The summed E-state index contributed by atoms with van der Waals surface area (Å²) in [5, 5.41) is 9.87. The van der Waals surface area contributed by atoms with Gasteiger partial charge in [0.2, 0.25) is 0 Å². The van der Waals surface area contributed by atoms with Crippen LogP contribution < -0.4 is 15.2 Å². The van der Waals surface area contributed by atoms with Crippen molar-refractivity contribution in [2.75, 3.05) is 18.9 Å². The van der Waals surface area contributed by atoms with E-state index in [0.717, 1.165) is 15.8 Å². The quantitative estimate of drug-likeness (QED) is 0.784. The molecule has 4 nitrogen and oxygen atoms in total. The van der Waals surface area contributed by atoms with Crippen LogP contribution >= 0.6 is 15.9 Å². The third-order valence-corrected chi connectivity index (χ3v) is 3.76. The van der Waals surface area contributed by atoms with Crippen molar-refractivity contribution in [3.8, 4) is 11.5 Å². The Kier molecular flexibility index (Phi) is 5.47. The first-order valence-corrected chi connectivity index (χ1v) is 7.39. The number of anilines is 1. The predicted octanol–water partition coefficient (Wildman–Crippen LogP) is 3.16. The van der Waals surface area contributed by atoms with Crippen molar-refractivity contribution >= 4 is 21.6 Å². The Morgan fingerprint density at radius 2 is 1.76 bits per heavy atom. The van der Waals surface area contributed by atoms with Gasteiger partial charge in [0.15, 0.2) is 0 Å². The number of ether oxygens (including phenoxy) is 2. The lowest BCUT2D eigenvalue weighted by atomic mass is 10.2. The van der Waals surface area contributed by atoms with Crippen LogP contribution in [0.25, 0.3) is 0 Å². The predicted molar refractivity (Wildman–Crippen MR) is 86.7 cm³/mol. The summed E-state index contributed by atoms with van der Waals surface area (Å²) in [7, 11) is 0. The van der Waals surface area contributed by atoms with Crippen molar-refractivity contribution < 1.29 is 14.6 Å². The van der Waals surface area contributed by atoms with E-state index in [2.05, 4.69) is 15.9 Å². The van der Waals surface area contributed by atoms with Crippen LogP contribution in [0.3, 0.4) is 0 Å². The maximum Gasteiger partial charge on any atom is 0.122 e. The van der Waals surface area contributed by atoms with Crippen LogP contribution in [-0.2, 0) is 0 Å². The van der Waals surface area contributed by atoms with Gasteiger partial charge < -0.3 is 20.3 Å².